The standard InChI is InChI=1S/C27H23IN2O6S/c1-3-35-22-13-17(12-21(28)24(22)36-15-16-4-6-18(7-5-16)26(32)33)14-23-25(31)30-27(37-23)29-19-8-10-20(34-2)11-9-19/h4-14H,3,15H2,1-2H3,(H,32,33)(H,29,30,31)/b23-14+. The minimum atomic E-state index is -0.974. The molecule has 1 saturated heterocycles. The number of amidine groups is 1. The summed E-state index contributed by atoms with van der Waals surface area (Å²) in [5.41, 5.74) is 2.54. The molecule has 37 heavy (non-hydrogen) atoms. The van der Waals surface area contributed by atoms with Crippen LogP contribution in [-0.4, -0.2) is 35.9 Å². The third-order valence-corrected chi connectivity index (χ3v) is 6.88. The van der Waals surface area contributed by atoms with E-state index < -0.39 is 5.97 Å². The molecule has 1 heterocycles. The number of thioether (sulfide) groups is 1. The van der Waals surface area contributed by atoms with Crippen molar-refractivity contribution in [2.24, 2.45) is 4.99 Å². The molecule has 0 unspecified atom stereocenters. The minimum absolute atomic E-state index is 0.219. The molecule has 0 aliphatic carbocycles. The van der Waals surface area contributed by atoms with Gasteiger partial charge in [-0.25, -0.2) is 9.79 Å². The van der Waals surface area contributed by atoms with Crippen molar-refractivity contribution in [3.8, 4) is 17.2 Å². The van der Waals surface area contributed by atoms with Gasteiger partial charge in [0.05, 0.1) is 33.4 Å². The summed E-state index contributed by atoms with van der Waals surface area (Å²) < 4.78 is 17.8. The number of nitrogens with one attached hydrogen (secondary N) is 1. The number of hydrogen-bond acceptors (Lipinski definition) is 7. The molecule has 3 aromatic carbocycles. The number of methoxy groups -OCH3 is 1. The average molecular weight is 630 g/mol. The molecule has 0 saturated carbocycles. The molecule has 0 aromatic heterocycles. The first-order valence-electron chi connectivity index (χ1n) is 11.2. The van der Waals surface area contributed by atoms with Crippen molar-refractivity contribution in [1.29, 1.82) is 0 Å². The van der Waals surface area contributed by atoms with Crippen molar-refractivity contribution in [1.82, 2.24) is 5.32 Å². The number of halogens is 1. The molecule has 1 amide bonds. The lowest BCUT2D eigenvalue weighted by molar-refractivity contribution is -0.115. The Morgan fingerprint density at radius 2 is 1.84 bits per heavy atom. The fraction of sp³-hybridized carbons (Fsp3) is 0.148. The van der Waals surface area contributed by atoms with Crippen LogP contribution < -0.4 is 19.5 Å². The second kappa shape index (κ2) is 12.2. The summed E-state index contributed by atoms with van der Waals surface area (Å²) in [7, 11) is 1.60. The van der Waals surface area contributed by atoms with Gasteiger partial charge in [0, 0.05) is 0 Å². The number of amides is 1. The quantitative estimate of drug-likeness (QED) is 0.225. The lowest BCUT2D eigenvalue weighted by atomic mass is 10.1. The maximum absolute atomic E-state index is 12.6. The molecular formula is C27H23IN2O6S. The molecule has 8 nitrogen and oxygen atoms in total. The fourth-order valence-electron chi connectivity index (χ4n) is 3.38. The van der Waals surface area contributed by atoms with E-state index in [1.165, 1.54) is 11.8 Å². The third-order valence-electron chi connectivity index (χ3n) is 5.17. The molecule has 1 aliphatic rings. The van der Waals surface area contributed by atoms with Crippen LogP contribution >= 0.6 is 34.4 Å². The van der Waals surface area contributed by atoms with Crippen LogP contribution in [0.1, 0.15) is 28.4 Å². The summed E-state index contributed by atoms with van der Waals surface area (Å²) in [5, 5.41) is 12.4. The van der Waals surface area contributed by atoms with Crippen LogP contribution in [-0.2, 0) is 11.4 Å². The SMILES string of the molecule is CCOc1cc(/C=C2/SC(=Nc3ccc(OC)cc3)NC2=O)cc(I)c1OCc1ccc(C(=O)O)cc1. The van der Waals surface area contributed by atoms with Gasteiger partial charge in [0.15, 0.2) is 16.7 Å². The van der Waals surface area contributed by atoms with Gasteiger partial charge in [-0.1, -0.05) is 12.1 Å². The van der Waals surface area contributed by atoms with Gasteiger partial charge >= 0.3 is 5.97 Å². The first-order valence-corrected chi connectivity index (χ1v) is 13.1. The second-order valence-corrected chi connectivity index (χ2v) is 9.93. The number of aliphatic imine (C=N–C) groups is 1. The number of carbonyl (C=O) groups excluding carboxylic acids is 1. The molecule has 1 aliphatic heterocycles. The average Bonchev–Trinajstić information content (AvgIpc) is 3.22. The molecule has 4 rings (SSSR count). The van der Waals surface area contributed by atoms with Crippen LogP contribution in [0.3, 0.4) is 0 Å². The van der Waals surface area contributed by atoms with E-state index in [-0.39, 0.29) is 18.1 Å². The molecule has 2 N–H and O–H groups in total. The third kappa shape index (κ3) is 6.83. The van der Waals surface area contributed by atoms with Crippen LogP contribution in [0, 0.1) is 3.57 Å². The molecule has 0 atom stereocenters. The van der Waals surface area contributed by atoms with E-state index in [1.807, 2.05) is 43.3 Å². The highest BCUT2D eigenvalue weighted by molar-refractivity contribution is 14.1. The van der Waals surface area contributed by atoms with E-state index in [0.717, 1.165) is 20.4 Å². The van der Waals surface area contributed by atoms with Crippen LogP contribution in [0.2, 0.25) is 0 Å². The van der Waals surface area contributed by atoms with Crippen molar-refractivity contribution < 1.29 is 28.9 Å². The summed E-state index contributed by atoms with van der Waals surface area (Å²) in [6.07, 6.45) is 1.79. The highest BCUT2D eigenvalue weighted by atomic mass is 127. The Labute approximate surface area is 231 Å². The number of carboxylic acid groups (broad SMARTS) is 1. The molecule has 190 valence electrons. The van der Waals surface area contributed by atoms with Crippen molar-refractivity contribution in [2.45, 2.75) is 13.5 Å². The molecule has 10 heteroatoms. The van der Waals surface area contributed by atoms with E-state index in [1.54, 1.807) is 37.5 Å². The number of ether oxygens (including phenoxy) is 3. The molecule has 1 fully saturated rings. The van der Waals surface area contributed by atoms with Crippen molar-refractivity contribution >= 4 is 63.2 Å². The molecule has 0 radical (unpaired) electrons. The topological polar surface area (TPSA) is 106 Å². The number of carbonyl (C=O) groups is 2. The number of rotatable bonds is 9. The van der Waals surface area contributed by atoms with Gasteiger partial charge in [0.25, 0.3) is 5.91 Å². The molecule has 3 aromatic rings. The van der Waals surface area contributed by atoms with Gasteiger partial charge in [0.2, 0.25) is 0 Å². The van der Waals surface area contributed by atoms with Crippen LogP contribution in [0.4, 0.5) is 5.69 Å². The zero-order chi connectivity index (χ0) is 26.4. The predicted molar refractivity (Wildman–Crippen MR) is 152 cm³/mol. The lowest BCUT2D eigenvalue weighted by Gasteiger charge is -2.15. The van der Waals surface area contributed by atoms with E-state index in [9.17, 15) is 9.59 Å². The van der Waals surface area contributed by atoms with Gasteiger partial charge in [-0.05, 0) is 107 Å². The summed E-state index contributed by atoms with van der Waals surface area (Å²) in [6, 6.07) is 17.5. The van der Waals surface area contributed by atoms with Crippen molar-refractivity contribution in [3.05, 3.63) is 85.8 Å². The van der Waals surface area contributed by atoms with E-state index in [4.69, 9.17) is 19.3 Å². The number of carboxylic acids is 1. The number of nitrogens with zero attached hydrogens (tertiary/aromatic N) is 1. The van der Waals surface area contributed by atoms with Gasteiger partial charge in [-0.15, -0.1) is 0 Å². The molecule has 0 spiro atoms. The van der Waals surface area contributed by atoms with Gasteiger partial charge in [-0.3, -0.25) is 4.79 Å². The predicted octanol–water partition coefficient (Wildman–Crippen LogP) is 5.87. The summed E-state index contributed by atoms with van der Waals surface area (Å²) in [4.78, 5) is 28.6. The van der Waals surface area contributed by atoms with Gasteiger partial charge < -0.3 is 24.6 Å². The Bertz CT molecular complexity index is 1370. The summed E-state index contributed by atoms with van der Waals surface area (Å²) in [6.45, 7) is 2.57. The van der Waals surface area contributed by atoms with E-state index >= 15 is 0 Å². The highest BCUT2D eigenvalue weighted by Gasteiger charge is 2.24. The Morgan fingerprint density at radius 1 is 1.11 bits per heavy atom. The summed E-state index contributed by atoms with van der Waals surface area (Å²) >= 11 is 3.43. The zero-order valence-electron chi connectivity index (χ0n) is 20.0. The maximum Gasteiger partial charge on any atom is 0.335 e. The lowest BCUT2D eigenvalue weighted by Crippen LogP contribution is -2.19. The Morgan fingerprint density at radius 3 is 2.49 bits per heavy atom. The second-order valence-electron chi connectivity index (χ2n) is 7.73. The van der Waals surface area contributed by atoms with Gasteiger partial charge in [0.1, 0.15) is 12.4 Å². The molecular weight excluding hydrogens is 607 g/mol. The van der Waals surface area contributed by atoms with Crippen LogP contribution in [0.25, 0.3) is 6.08 Å². The van der Waals surface area contributed by atoms with E-state index in [2.05, 4.69) is 32.9 Å². The van der Waals surface area contributed by atoms with Gasteiger partial charge in [-0.2, -0.15) is 0 Å². The molecule has 0 bridgehead atoms. The minimum Gasteiger partial charge on any atom is -0.497 e. The Balaban J connectivity index is 1.52. The Hall–Kier alpha value is -3.51. The van der Waals surface area contributed by atoms with E-state index in [0.29, 0.717) is 33.9 Å². The normalized spacial score (nSPS) is 15.1. The fourth-order valence-corrected chi connectivity index (χ4v) is 5.00. The van der Waals surface area contributed by atoms with Crippen molar-refractivity contribution in [2.75, 3.05) is 13.7 Å². The largest absolute Gasteiger partial charge is 0.497 e. The maximum atomic E-state index is 12.6. The number of hydrogen-bond donors (Lipinski definition) is 2. The highest BCUT2D eigenvalue weighted by Crippen LogP contribution is 2.37. The zero-order valence-corrected chi connectivity index (χ0v) is 23.0. The number of aromatic carboxylic acids is 1. The summed E-state index contributed by atoms with van der Waals surface area (Å²) in [5.74, 6) is 0.668. The van der Waals surface area contributed by atoms with Crippen LogP contribution in [0.5, 0.6) is 17.2 Å². The smallest absolute Gasteiger partial charge is 0.335 e. The number of benzene rings is 3. The van der Waals surface area contributed by atoms with Crippen LogP contribution in [0.15, 0.2) is 70.6 Å². The Kier molecular flexibility index (Phi) is 8.72. The first-order chi connectivity index (χ1) is 17.9. The van der Waals surface area contributed by atoms with Crippen molar-refractivity contribution in [3.63, 3.8) is 0 Å². The monoisotopic (exact) mass is 630 g/mol. The first kappa shape index (κ1) is 26.6.